The monoisotopic (exact) mass is 160 g/mol. The summed E-state index contributed by atoms with van der Waals surface area (Å²) in [5.41, 5.74) is 1.82. The molecule has 1 aliphatic heterocycles. The van der Waals surface area contributed by atoms with Crippen molar-refractivity contribution >= 4 is 11.8 Å². The van der Waals surface area contributed by atoms with Gasteiger partial charge in [0.05, 0.1) is 11.1 Å². The molecule has 0 bridgehead atoms. The van der Waals surface area contributed by atoms with E-state index in [4.69, 9.17) is 0 Å². The lowest BCUT2D eigenvalue weighted by Crippen LogP contribution is -2.10. The van der Waals surface area contributed by atoms with Gasteiger partial charge in [0.2, 0.25) is 0 Å². The molecule has 2 rings (SSSR count). The molecule has 3 nitrogen and oxygen atoms in total. The lowest BCUT2D eigenvalue weighted by molar-refractivity contribution is 0.0873. The number of amides is 2. The molecular formula is C9H6NO2. The summed E-state index contributed by atoms with van der Waals surface area (Å²) in [5, 5.41) is 3.32. The van der Waals surface area contributed by atoms with E-state index in [0.29, 0.717) is 11.1 Å². The molecule has 0 unspecified atom stereocenters. The van der Waals surface area contributed by atoms with E-state index in [9.17, 15) is 9.59 Å². The third kappa shape index (κ3) is 0.830. The number of benzene rings is 1. The van der Waals surface area contributed by atoms with Gasteiger partial charge in [0.25, 0.3) is 11.8 Å². The van der Waals surface area contributed by atoms with Gasteiger partial charge in [-0.1, -0.05) is 11.6 Å². The molecule has 0 atom stereocenters. The summed E-state index contributed by atoms with van der Waals surface area (Å²) in [6, 6.07) is 5.12. The van der Waals surface area contributed by atoms with E-state index in [-0.39, 0.29) is 0 Å². The second-order valence-corrected chi connectivity index (χ2v) is 2.77. The van der Waals surface area contributed by atoms with Gasteiger partial charge in [-0.25, -0.2) is 0 Å². The number of aryl methyl sites for hydroxylation is 1. The Morgan fingerprint density at radius 2 is 1.75 bits per heavy atom. The van der Waals surface area contributed by atoms with E-state index in [1.807, 2.05) is 6.92 Å². The molecule has 0 saturated carbocycles. The quantitative estimate of drug-likeness (QED) is 0.529. The van der Waals surface area contributed by atoms with Gasteiger partial charge in [-0.15, -0.1) is 0 Å². The second-order valence-electron chi connectivity index (χ2n) is 2.77. The molecule has 0 N–H and O–H groups in total. The molecule has 1 aromatic rings. The topological polar surface area (TPSA) is 48.2 Å². The van der Waals surface area contributed by atoms with Crippen LogP contribution in [0.2, 0.25) is 0 Å². The molecule has 59 valence electrons. The van der Waals surface area contributed by atoms with Gasteiger partial charge >= 0.3 is 0 Å². The van der Waals surface area contributed by atoms with E-state index in [1.54, 1.807) is 18.2 Å². The third-order valence-electron chi connectivity index (χ3n) is 1.84. The lowest BCUT2D eigenvalue weighted by Gasteiger charge is -1.93. The van der Waals surface area contributed by atoms with Gasteiger partial charge in [0.1, 0.15) is 0 Å². The van der Waals surface area contributed by atoms with Gasteiger partial charge in [-0.2, -0.15) is 5.32 Å². The normalized spacial score (nSPS) is 14.4. The largest absolute Gasteiger partial charge is 0.281 e. The first-order valence-corrected chi connectivity index (χ1v) is 3.59. The zero-order valence-corrected chi connectivity index (χ0v) is 6.50. The zero-order chi connectivity index (χ0) is 8.72. The number of nitrogens with zero attached hydrogens (tertiary/aromatic N) is 1. The van der Waals surface area contributed by atoms with Crippen LogP contribution in [0.1, 0.15) is 26.3 Å². The average molecular weight is 160 g/mol. The number of imide groups is 1. The molecule has 3 heteroatoms. The highest BCUT2D eigenvalue weighted by Gasteiger charge is 2.28. The van der Waals surface area contributed by atoms with Crippen molar-refractivity contribution in [1.29, 1.82) is 0 Å². The minimum absolute atomic E-state index is 0.418. The fraction of sp³-hybridized carbons (Fsp3) is 0.111. The molecule has 0 aliphatic carbocycles. The second kappa shape index (κ2) is 2.17. The van der Waals surface area contributed by atoms with E-state index in [2.05, 4.69) is 5.32 Å². The van der Waals surface area contributed by atoms with Crippen molar-refractivity contribution in [2.45, 2.75) is 6.92 Å². The van der Waals surface area contributed by atoms with Crippen molar-refractivity contribution in [1.82, 2.24) is 5.32 Å². The Labute approximate surface area is 69.4 Å². The Hall–Kier alpha value is -1.64. The van der Waals surface area contributed by atoms with E-state index < -0.39 is 11.8 Å². The Balaban J connectivity index is 2.68. The maximum Gasteiger partial charge on any atom is 0.281 e. The molecule has 0 fully saturated rings. The van der Waals surface area contributed by atoms with Crippen molar-refractivity contribution in [3.8, 4) is 0 Å². The molecule has 1 heterocycles. The summed E-state index contributed by atoms with van der Waals surface area (Å²) in [5.74, 6) is -0.839. The standard InChI is InChI=1S/C9H6NO2/c1-5-2-3-6-7(4-5)9(12)10-8(6)11/h2-4H,1H3. The summed E-state index contributed by atoms with van der Waals surface area (Å²) in [6.07, 6.45) is 0. The number of carbonyl (C=O) groups excluding carboxylic acids is 2. The lowest BCUT2D eigenvalue weighted by atomic mass is 10.1. The van der Waals surface area contributed by atoms with Gasteiger partial charge < -0.3 is 0 Å². The number of hydrogen-bond acceptors (Lipinski definition) is 2. The van der Waals surface area contributed by atoms with Gasteiger partial charge in [-0.05, 0) is 19.1 Å². The van der Waals surface area contributed by atoms with Gasteiger partial charge in [0, 0.05) is 0 Å². The van der Waals surface area contributed by atoms with Crippen molar-refractivity contribution in [2.75, 3.05) is 0 Å². The molecule has 12 heavy (non-hydrogen) atoms. The van der Waals surface area contributed by atoms with Crippen LogP contribution >= 0.6 is 0 Å². The minimum atomic E-state index is -0.421. The SMILES string of the molecule is Cc1ccc2c(c1)C(=O)[N]C2=O. The molecule has 1 aliphatic rings. The first kappa shape index (κ1) is 7.03. The summed E-state index contributed by atoms with van der Waals surface area (Å²) in [4.78, 5) is 22.0. The van der Waals surface area contributed by atoms with Crippen molar-refractivity contribution < 1.29 is 9.59 Å². The first-order chi connectivity index (χ1) is 5.68. The minimum Gasteiger partial charge on any atom is -0.267 e. The molecule has 1 radical (unpaired) electrons. The molecule has 0 saturated heterocycles. The highest BCUT2D eigenvalue weighted by Crippen LogP contribution is 2.17. The van der Waals surface area contributed by atoms with Crippen LogP contribution in [-0.4, -0.2) is 11.8 Å². The van der Waals surface area contributed by atoms with Crippen molar-refractivity contribution in [2.24, 2.45) is 0 Å². The van der Waals surface area contributed by atoms with Crippen LogP contribution in [0.25, 0.3) is 0 Å². The Kier molecular flexibility index (Phi) is 1.27. The maximum atomic E-state index is 11.0. The van der Waals surface area contributed by atoms with Crippen LogP contribution in [0.15, 0.2) is 18.2 Å². The van der Waals surface area contributed by atoms with Crippen LogP contribution in [0, 0.1) is 6.92 Å². The van der Waals surface area contributed by atoms with Gasteiger partial charge in [-0.3, -0.25) is 9.59 Å². The van der Waals surface area contributed by atoms with Crippen LogP contribution < -0.4 is 5.32 Å². The van der Waals surface area contributed by atoms with Crippen molar-refractivity contribution in [3.05, 3.63) is 34.9 Å². The number of fused-ring (bicyclic) bond motifs is 1. The maximum absolute atomic E-state index is 11.0. The average Bonchev–Trinajstić information content (AvgIpc) is 2.28. The fourth-order valence-electron chi connectivity index (χ4n) is 1.23. The third-order valence-corrected chi connectivity index (χ3v) is 1.84. The van der Waals surface area contributed by atoms with Crippen molar-refractivity contribution in [3.63, 3.8) is 0 Å². The Morgan fingerprint density at radius 1 is 1.08 bits per heavy atom. The Morgan fingerprint density at radius 3 is 2.50 bits per heavy atom. The van der Waals surface area contributed by atoms with E-state index in [1.165, 1.54) is 0 Å². The molecule has 0 spiro atoms. The van der Waals surface area contributed by atoms with Gasteiger partial charge in [0.15, 0.2) is 0 Å². The summed E-state index contributed by atoms with van der Waals surface area (Å²) in [7, 11) is 0. The van der Waals surface area contributed by atoms with Crippen LogP contribution in [0.4, 0.5) is 0 Å². The fourth-order valence-corrected chi connectivity index (χ4v) is 1.23. The summed E-state index contributed by atoms with van der Waals surface area (Å²) >= 11 is 0. The Bertz CT molecular complexity index is 382. The van der Waals surface area contributed by atoms with Crippen LogP contribution in [0.3, 0.4) is 0 Å². The highest BCUT2D eigenvalue weighted by molar-refractivity contribution is 6.21. The zero-order valence-electron chi connectivity index (χ0n) is 6.50. The first-order valence-electron chi connectivity index (χ1n) is 3.59. The molecular weight excluding hydrogens is 154 g/mol. The number of rotatable bonds is 0. The predicted molar refractivity (Wildman–Crippen MR) is 42.0 cm³/mol. The number of carbonyl (C=O) groups is 2. The summed E-state index contributed by atoms with van der Waals surface area (Å²) in [6.45, 7) is 1.87. The predicted octanol–water partition coefficient (Wildman–Crippen LogP) is 0.893. The van der Waals surface area contributed by atoms with Crippen LogP contribution in [0.5, 0.6) is 0 Å². The smallest absolute Gasteiger partial charge is 0.267 e. The van der Waals surface area contributed by atoms with Crippen LogP contribution in [-0.2, 0) is 0 Å². The highest BCUT2D eigenvalue weighted by atomic mass is 16.2. The molecule has 0 aromatic heterocycles. The molecule has 1 aromatic carbocycles. The molecule has 2 amide bonds. The van der Waals surface area contributed by atoms with E-state index in [0.717, 1.165) is 5.56 Å². The summed E-state index contributed by atoms with van der Waals surface area (Å²) < 4.78 is 0. The van der Waals surface area contributed by atoms with E-state index >= 15 is 0 Å². The number of hydrogen-bond donors (Lipinski definition) is 0.